The summed E-state index contributed by atoms with van der Waals surface area (Å²) in [4.78, 5) is 10.8. The lowest BCUT2D eigenvalue weighted by atomic mass is 10.0. The molecule has 36 heavy (non-hydrogen) atoms. The molecule has 0 atom stereocenters. The van der Waals surface area contributed by atoms with Crippen molar-refractivity contribution in [3.8, 4) is 0 Å². The molecule has 0 aromatic heterocycles. The molecule has 0 fully saturated rings. The number of esters is 1. The van der Waals surface area contributed by atoms with Crippen molar-refractivity contribution in [3.05, 3.63) is 0 Å². The Labute approximate surface area is 217 Å². The average Bonchev–Trinajstić information content (AvgIpc) is 2.83. The molecule has 0 saturated carbocycles. The first-order chi connectivity index (χ1) is 17.2. The maximum atomic E-state index is 12.7. The molecule has 0 aliphatic heterocycles. The zero-order valence-electron chi connectivity index (χ0n) is 22.9. The summed E-state index contributed by atoms with van der Waals surface area (Å²) >= 11 is 0. The highest BCUT2D eigenvalue weighted by atomic mass is 19.4. The van der Waals surface area contributed by atoms with Gasteiger partial charge in [-0.25, -0.2) is 4.79 Å². The minimum absolute atomic E-state index is 0.304. The lowest BCUT2D eigenvalue weighted by molar-refractivity contribution is -0.280. The molecule has 0 N–H and O–H groups in total. The van der Waals surface area contributed by atoms with E-state index in [-0.39, 0.29) is 0 Å². The first-order valence-electron chi connectivity index (χ1n) is 14.8. The normalized spacial score (nSPS) is 12.3. The average molecular weight is 529 g/mol. The maximum Gasteiger partial charge on any atom is 0.465 e. The van der Waals surface area contributed by atoms with E-state index in [0.29, 0.717) is 12.8 Å². The first kappa shape index (κ1) is 35.1. The van der Waals surface area contributed by atoms with Crippen molar-refractivity contribution in [1.82, 2.24) is 0 Å². The van der Waals surface area contributed by atoms with Crippen LogP contribution in [0.4, 0.5) is 22.0 Å². The van der Waals surface area contributed by atoms with Crippen LogP contribution in [-0.4, -0.2) is 24.7 Å². The van der Waals surface area contributed by atoms with E-state index < -0.39 is 24.7 Å². The van der Waals surface area contributed by atoms with E-state index in [2.05, 4.69) is 11.7 Å². The Balaban J connectivity index is 3.22. The number of hydrogen-bond donors (Lipinski definition) is 0. The molecule has 2 nitrogen and oxygen atoms in total. The standard InChI is InChI=1S/C29H53F5O2/c1-2-3-4-5-6-7-8-9-10-11-12-13-14-15-16-17-18-19-20-21-22-23-24-25-26-36-27(35)28(30,31)29(32,33)34/h2-26H2,1H3. The van der Waals surface area contributed by atoms with E-state index in [1.165, 1.54) is 122 Å². The van der Waals surface area contributed by atoms with Crippen LogP contribution >= 0.6 is 0 Å². The summed E-state index contributed by atoms with van der Waals surface area (Å²) in [5, 5.41) is 0. The van der Waals surface area contributed by atoms with E-state index in [1.807, 2.05) is 0 Å². The Kier molecular flexibility index (Phi) is 22.7. The van der Waals surface area contributed by atoms with Crippen LogP contribution in [0.2, 0.25) is 0 Å². The Morgan fingerprint density at radius 1 is 0.472 bits per heavy atom. The second-order valence-electron chi connectivity index (χ2n) is 10.3. The van der Waals surface area contributed by atoms with Gasteiger partial charge in [0.05, 0.1) is 6.61 Å². The van der Waals surface area contributed by atoms with Crippen molar-refractivity contribution in [2.75, 3.05) is 6.61 Å². The third-order valence-corrected chi connectivity index (χ3v) is 6.84. The van der Waals surface area contributed by atoms with Gasteiger partial charge < -0.3 is 4.74 Å². The summed E-state index contributed by atoms with van der Waals surface area (Å²) in [6.45, 7) is 1.87. The van der Waals surface area contributed by atoms with Gasteiger partial charge in [0, 0.05) is 0 Å². The van der Waals surface area contributed by atoms with Crippen LogP contribution in [0.5, 0.6) is 0 Å². The van der Waals surface area contributed by atoms with Gasteiger partial charge in [-0.15, -0.1) is 0 Å². The van der Waals surface area contributed by atoms with E-state index in [9.17, 15) is 26.7 Å². The second-order valence-corrected chi connectivity index (χ2v) is 10.3. The van der Waals surface area contributed by atoms with Crippen LogP contribution in [0.3, 0.4) is 0 Å². The fourth-order valence-electron chi connectivity index (χ4n) is 4.44. The van der Waals surface area contributed by atoms with Crippen LogP contribution < -0.4 is 0 Å². The summed E-state index contributed by atoms with van der Waals surface area (Å²) in [6, 6.07) is 0. The number of carbonyl (C=O) groups excluding carboxylic acids is 1. The molecule has 0 aromatic carbocycles. The van der Waals surface area contributed by atoms with E-state index in [0.717, 1.165) is 19.3 Å². The Morgan fingerprint density at radius 2 is 0.722 bits per heavy atom. The molecule has 0 radical (unpaired) electrons. The number of halogens is 5. The van der Waals surface area contributed by atoms with Crippen LogP contribution in [0.25, 0.3) is 0 Å². The molecule has 0 aliphatic rings. The molecule has 0 unspecified atom stereocenters. The van der Waals surface area contributed by atoms with Crippen molar-refractivity contribution < 1.29 is 31.5 Å². The maximum absolute atomic E-state index is 12.7. The molecule has 0 amide bonds. The number of hydrogen-bond acceptors (Lipinski definition) is 2. The van der Waals surface area contributed by atoms with Crippen LogP contribution in [0.15, 0.2) is 0 Å². The highest BCUT2D eigenvalue weighted by Crippen LogP contribution is 2.36. The third-order valence-electron chi connectivity index (χ3n) is 6.84. The lowest BCUT2D eigenvalue weighted by Crippen LogP contribution is -2.45. The third kappa shape index (κ3) is 20.2. The van der Waals surface area contributed by atoms with Gasteiger partial charge in [-0.3, -0.25) is 0 Å². The summed E-state index contributed by atoms with van der Waals surface area (Å²) in [5.74, 6) is -7.94. The number of rotatable bonds is 26. The van der Waals surface area contributed by atoms with Crippen molar-refractivity contribution in [2.45, 2.75) is 173 Å². The van der Waals surface area contributed by atoms with E-state index in [4.69, 9.17) is 0 Å². The highest BCUT2D eigenvalue weighted by Gasteiger charge is 2.64. The van der Waals surface area contributed by atoms with Gasteiger partial charge >= 0.3 is 18.1 Å². The summed E-state index contributed by atoms with van der Waals surface area (Å²) < 4.78 is 65.6. The second kappa shape index (κ2) is 23.3. The molecule has 0 bridgehead atoms. The minimum atomic E-state index is -5.91. The molecule has 216 valence electrons. The lowest BCUT2D eigenvalue weighted by Gasteiger charge is -2.17. The molecule has 0 saturated heterocycles. The highest BCUT2D eigenvalue weighted by molar-refractivity contribution is 5.78. The molecular formula is C29H53F5O2. The van der Waals surface area contributed by atoms with Crippen molar-refractivity contribution in [1.29, 1.82) is 0 Å². The molecular weight excluding hydrogens is 475 g/mol. The number of unbranched alkanes of at least 4 members (excludes halogenated alkanes) is 23. The van der Waals surface area contributed by atoms with Gasteiger partial charge in [0.15, 0.2) is 0 Å². The fourth-order valence-corrected chi connectivity index (χ4v) is 4.44. The van der Waals surface area contributed by atoms with Gasteiger partial charge in [0.25, 0.3) is 0 Å². The smallest absolute Gasteiger partial charge is 0.461 e. The zero-order chi connectivity index (χ0) is 27.0. The predicted molar refractivity (Wildman–Crippen MR) is 138 cm³/mol. The topological polar surface area (TPSA) is 26.3 Å². The Hall–Kier alpha value is -0.880. The van der Waals surface area contributed by atoms with Gasteiger partial charge in [0.2, 0.25) is 0 Å². The molecule has 0 aromatic rings. The number of ether oxygens (including phenoxy) is 1. The van der Waals surface area contributed by atoms with E-state index in [1.54, 1.807) is 0 Å². The molecule has 0 heterocycles. The summed E-state index contributed by atoms with van der Waals surface area (Å²) in [5.41, 5.74) is 0. The van der Waals surface area contributed by atoms with Crippen LogP contribution in [0.1, 0.15) is 161 Å². The quantitative estimate of drug-likeness (QED) is 0.0634. The van der Waals surface area contributed by atoms with E-state index >= 15 is 0 Å². The minimum Gasteiger partial charge on any atom is -0.461 e. The largest absolute Gasteiger partial charge is 0.465 e. The zero-order valence-corrected chi connectivity index (χ0v) is 22.9. The monoisotopic (exact) mass is 528 g/mol. The Bertz CT molecular complexity index is 495. The van der Waals surface area contributed by atoms with Crippen molar-refractivity contribution in [2.24, 2.45) is 0 Å². The van der Waals surface area contributed by atoms with Crippen molar-refractivity contribution >= 4 is 5.97 Å². The summed E-state index contributed by atoms with van der Waals surface area (Å²) in [6.07, 6.45) is 23.8. The molecule has 0 spiro atoms. The van der Waals surface area contributed by atoms with Crippen molar-refractivity contribution in [3.63, 3.8) is 0 Å². The number of alkyl halides is 5. The van der Waals surface area contributed by atoms with Gasteiger partial charge in [-0.2, -0.15) is 22.0 Å². The molecule has 7 heteroatoms. The van der Waals surface area contributed by atoms with Gasteiger partial charge in [-0.1, -0.05) is 155 Å². The Morgan fingerprint density at radius 3 is 0.972 bits per heavy atom. The fraction of sp³-hybridized carbons (Fsp3) is 0.966. The van der Waals surface area contributed by atoms with Gasteiger partial charge in [0.1, 0.15) is 0 Å². The molecule has 0 rings (SSSR count). The number of carbonyl (C=O) groups is 1. The SMILES string of the molecule is CCCCCCCCCCCCCCCCCCCCCCCCCCOC(=O)C(F)(F)C(F)(F)F. The summed E-state index contributed by atoms with van der Waals surface area (Å²) in [7, 11) is 0. The van der Waals surface area contributed by atoms with Crippen LogP contribution in [0, 0.1) is 0 Å². The predicted octanol–water partition coefficient (Wildman–Crippen LogP) is 11.1. The van der Waals surface area contributed by atoms with Gasteiger partial charge in [-0.05, 0) is 6.42 Å². The van der Waals surface area contributed by atoms with Crippen LogP contribution in [-0.2, 0) is 9.53 Å². The molecule has 0 aliphatic carbocycles. The first-order valence-corrected chi connectivity index (χ1v) is 14.8.